The van der Waals surface area contributed by atoms with Gasteiger partial charge in [-0.25, -0.2) is 4.98 Å². The molecular formula is C11H12N2OS. The Hall–Kier alpha value is -1.39. The Morgan fingerprint density at radius 1 is 1.40 bits per heavy atom. The molecule has 0 radical (unpaired) electrons. The van der Waals surface area contributed by atoms with Crippen LogP contribution in [0.4, 0.5) is 0 Å². The number of nitrogens with two attached hydrogens (primary N) is 1. The van der Waals surface area contributed by atoms with Crippen LogP contribution in [0.3, 0.4) is 0 Å². The number of rotatable bonds is 3. The first-order valence-corrected chi connectivity index (χ1v) is 5.51. The second kappa shape index (κ2) is 4.42. The van der Waals surface area contributed by atoms with Gasteiger partial charge in [0.15, 0.2) is 0 Å². The van der Waals surface area contributed by atoms with E-state index in [0.29, 0.717) is 6.54 Å². The predicted octanol–water partition coefficient (Wildman–Crippen LogP) is 2.28. The minimum atomic E-state index is 0.478. The van der Waals surface area contributed by atoms with E-state index in [1.165, 1.54) is 0 Å². The highest BCUT2D eigenvalue weighted by molar-refractivity contribution is 7.13. The molecule has 15 heavy (non-hydrogen) atoms. The van der Waals surface area contributed by atoms with Crippen molar-refractivity contribution in [2.24, 2.45) is 5.73 Å². The lowest BCUT2D eigenvalue weighted by Gasteiger charge is -2.04. The molecule has 0 saturated carbocycles. The van der Waals surface area contributed by atoms with Gasteiger partial charge in [0.1, 0.15) is 10.8 Å². The first-order chi connectivity index (χ1) is 7.35. The number of thiazole rings is 1. The van der Waals surface area contributed by atoms with Crippen LogP contribution in [0, 0.1) is 0 Å². The third-order valence-corrected chi connectivity index (χ3v) is 3.02. The highest BCUT2D eigenvalue weighted by Gasteiger charge is 2.08. The lowest BCUT2D eigenvalue weighted by Crippen LogP contribution is -1.96. The Bertz CT molecular complexity index is 453. The first kappa shape index (κ1) is 10.1. The third-order valence-electron chi connectivity index (χ3n) is 2.10. The number of para-hydroxylation sites is 1. The van der Waals surface area contributed by atoms with Gasteiger partial charge in [0, 0.05) is 11.9 Å². The molecule has 0 aliphatic heterocycles. The van der Waals surface area contributed by atoms with Crippen LogP contribution in [-0.4, -0.2) is 12.1 Å². The van der Waals surface area contributed by atoms with Crippen LogP contribution in [0.25, 0.3) is 10.6 Å². The van der Waals surface area contributed by atoms with E-state index in [1.807, 2.05) is 29.6 Å². The molecule has 1 aromatic carbocycles. The quantitative estimate of drug-likeness (QED) is 0.863. The summed E-state index contributed by atoms with van der Waals surface area (Å²) in [5, 5.41) is 2.93. The fraction of sp³-hybridized carbons (Fsp3) is 0.182. The van der Waals surface area contributed by atoms with Crippen molar-refractivity contribution < 1.29 is 4.74 Å². The topological polar surface area (TPSA) is 48.1 Å². The number of methoxy groups -OCH3 is 1. The Morgan fingerprint density at radius 3 is 2.87 bits per heavy atom. The molecule has 3 nitrogen and oxygen atoms in total. The molecule has 0 fully saturated rings. The molecule has 0 aliphatic carbocycles. The zero-order valence-electron chi connectivity index (χ0n) is 8.43. The molecule has 1 aromatic heterocycles. The van der Waals surface area contributed by atoms with Crippen LogP contribution in [-0.2, 0) is 6.54 Å². The van der Waals surface area contributed by atoms with E-state index in [9.17, 15) is 0 Å². The lowest BCUT2D eigenvalue weighted by atomic mass is 10.2. The third kappa shape index (κ3) is 2.00. The SMILES string of the molecule is COc1ccccc1-c1nc(CN)cs1. The molecule has 0 unspecified atom stereocenters. The lowest BCUT2D eigenvalue weighted by molar-refractivity contribution is 0.416. The molecule has 78 valence electrons. The van der Waals surface area contributed by atoms with Gasteiger partial charge >= 0.3 is 0 Å². The maximum atomic E-state index is 5.52. The van der Waals surface area contributed by atoms with Crippen molar-refractivity contribution in [3.63, 3.8) is 0 Å². The van der Waals surface area contributed by atoms with E-state index in [1.54, 1.807) is 18.4 Å². The summed E-state index contributed by atoms with van der Waals surface area (Å²) in [4.78, 5) is 4.42. The summed E-state index contributed by atoms with van der Waals surface area (Å²) in [7, 11) is 1.66. The number of hydrogen-bond acceptors (Lipinski definition) is 4. The van der Waals surface area contributed by atoms with Gasteiger partial charge in [0.05, 0.1) is 18.4 Å². The van der Waals surface area contributed by atoms with Crippen LogP contribution in [0.2, 0.25) is 0 Å². The van der Waals surface area contributed by atoms with Gasteiger partial charge < -0.3 is 10.5 Å². The molecule has 0 bridgehead atoms. The molecule has 0 saturated heterocycles. The van der Waals surface area contributed by atoms with E-state index in [0.717, 1.165) is 22.0 Å². The fourth-order valence-electron chi connectivity index (χ4n) is 1.35. The van der Waals surface area contributed by atoms with Gasteiger partial charge in [-0.15, -0.1) is 11.3 Å². The minimum Gasteiger partial charge on any atom is -0.496 e. The molecule has 2 aromatic rings. The van der Waals surface area contributed by atoms with Crippen molar-refractivity contribution in [2.75, 3.05) is 7.11 Å². The predicted molar refractivity (Wildman–Crippen MR) is 62.0 cm³/mol. The van der Waals surface area contributed by atoms with Gasteiger partial charge in [-0.05, 0) is 12.1 Å². The van der Waals surface area contributed by atoms with E-state index in [-0.39, 0.29) is 0 Å². The van der Waals surface area contributed by atoms with Gasteiger partial charge in [-0.1, -0.05) is 12.1 Å². The Labute approximate surface area is 92.5 Å². The van der Waals surface area contributed by atoms with Crippen molar-refractivity contribution >= 4 is 11.3 Å². The number of aromatic nitrogens is 1. The molecule has 0 aliphatic rings. The zero-order valence-corrected chi connectivity index (χ0v) is 9.25. The average molecular weight is 220 g/mol. The summed E-state index contributed by atoms with van der Waals surface area (Å²) in [5.74, 6) is 0.843. The van der Waals surface area contributed by atoms with Crippen molar-refractivity contribution in [1.82, 2.24) is 4.98 Å². The molecule has 0 amide bonds. The van der Waals surface area contributed by atoms with E-state index >= 15 is 0 Å². The summed E-state index contributed by atoms with van der Waals surface area (Å²) in [6.07, 6.45) is 0. The summed E-state index contributed by atoms with van der Waals surface area (Å²) >= 11 is 1.59. The normalized spacial score (nSPS) is 10.3. The van der Waals surface area contributed by atoms with E-state index in [4.69, 9.17) is 10.5 Å². The maximum absolute atomic E-state index is 5.52. The van der Waals surface area contributed by atoms with Crippen molar-refractivity contribution in [3.8, 4) is 16.3 Å². The first-order valence-electron chi connectivity index (χ1n) is 4.63. The van der Waals surface area contributed by atoms with Crippen molar-refractivity contribution in [2.45, 2.75) is 6.54 Å². The number of hydrogen-bond donors (Lipinski definition) is 1. The molecule has 2 N–H and O–H groups in total. The van der Waals surface area contributed by atoms with E-state index in [2.05, 4.69) is 4.98 Å². The molecule has 4 heteroatoms. The Morgan fingerprint density at radius 2 is 2.20 bits per heavy atom. The molecule has 1 heterocycles. The summed E-state index contributed by atoms with van der Waals surface area (Å²) < 4.78 is 5.28. The van der Waals surface area contributed by atoms with Gasteiger partial charge in [-0.2, -0.15) is 0 Å². The van der Waals surface area contributed by atoms with Gasteiger partial charge in [-0.3, -0.25) is 0 Å². The van der Waals surface area contributed by atoms with E-state index < -0.39 is 0 Å². The summed E-state index contributed by atoms with van der Waals surface area (Å²) in [5.41, 5.74) is 7.46. The number of benzene rings is 1. The average Bonchev–Trinajstić information content (AvgIpc) is 2.77. The monoisotopic (exact) mass is 220 g/mol. The van der Waals surface area contributed by atoms with Crippen LogP contribution >= 0.6 is 11.3 Å². The Balaban J connectivity index is 2.44. The van der Waals surface area contributed by atoms with Crippen LogP contribution in [0.5, 0.6) is 5.75 Å². The van der Waals surface area contributed by atoms with Crippen molar-refractivity contribution in [1.29, 1.82) is 0 Å². The molecule has 0 atom stereocenters. The smallest absolute Gasteiger partial charge is 0.129 e. The fourth-order valence-corrected chi connectivity index (χ4v) is 2.21. The zero-order chi connectivity index (χ0) is 10.7. The highest BCUT2D eigenvalue weighted by atomic mass is 32.1. The maximum Gasteiger partial charge on any atom is 0.129 e. The standard InChI is InChI=1S/C11H12N2OS/c1-14-10-5-3-2-4-9(10)11-13-8(6-12)7-15-11/h2-5,7H,6,12H2,1H3. The number of ether oxygens (including phenoxy) is 1. The minimum absolute atomic E-state index is 0.478. The van der Waals surface area contributed by atoms with Gasteiger partial charge in [0.2, 0.25) is 0 Å². The molecule has 0 spiro atoms. The molecular weight excluding hydrogens is 208 g/mol. The molecule has 2 rings (SSSR count). The Kier molecular flexibility index (Phi) is 2.99. The number of nitrogens with zero attached hydrogens (tertiary/aromatic N) is 1. The van der Waals surface area contributed by atoms with Crippen LogP contribution in [0.15, 0.2) is 29.6 Å². The van der Waals surface area contributed by atoms with Gasteiger partial charge in [0.25, 0.3) is 0 Å². The highest BCUT2D eigenvalue weighted by Crippen LogP contribution is 2.31. The summed E-state index contributed by atoms with van der Waals surface area (Å²) in [6, 6.07) is 7.85. The largest absolute Gasteiger partial charge is 0.496 e. The summed E-state index contributed by atoms with van der Waals surface area (Å²) in [6.45, 7) is 0.478. The second-order valence-corrected chi connectivity index (χ2v) is 3.91. The van der Waals surface area contributed by atoms with Crippen LogP contribution in [0.1, 0.15) is 5.69 Å². The van der Waals surface area contributed by atoms with Crippen LogP contribution < -0.4 is 10.5 Å². The second-order valence-electron chi connectivity index (χ2n) is 3.05. The van der Waals surface area contributed by atoms with Crippen molar-refractivity contribution in [3.05, 3.63) is 35.3 Å².